The number of halogens is 3. The van der Waals surface area contributed by atoms with Crippen LogP contribution < -0.4 is 4.74 Å². The molecule has 1 aromatic heterocycles. The van der Waals surface area contributed by atoms with Gasteiger partial charge in [0.1, 0.15) is 6.61 Å². The third kappa shape index (κ3) is 2.41. The standard InChI is InChI=1S/C10H8ClF2NO3S/c11-6-2-1-5-7(18(15)16)3-14-9(5)10(6)17-4-8(12)13/h1-3,8,14,18H,4H2. The zero-order valence-corrected chi connectivity index (χ0v) is 10.5. The first kappa shape index (κ1) is 13.1. The predicted octanol–water partition coefficient (Wildman–Crippen LogP) is 2.44. The van der Waals surface area contributed by atoms with Crippen molar-refractivity contribution in [3.63, 3.8) is 0 Å². The lowest BCUT2D eigenvalue weighted by atomic mass is 10.2. The summed E-state index contributed by atoms with van der Waals surface area (Å²) in [4.78, 5) is 2.73. The van der Waals surface area contributed by atoms with Crippen LogP contribution in [-0.2, 0) is 10.7 Å². The number of H-pyrrole nitrogens is 1. The molecule has 0 fully saturated rings. The van der Waals surface area contributed by atoms with Gasteiger partial charge in [0.15, 0.2) is 16.5 Å². The fourth-order valence-electron chi connectivity index (χ4n) is 1.57. The molecule has 0 aliphatic heterocycles. The summed E-state index contributed by atoms with van der Waals surface area (Å²) < 4.78 is 51.0. The second-order valence-corrected chi connectivity index (χ2v) is 4.84. The zero-order valence-electron chi connectivity index (χ0n) is 8.82. The molecule has 0 aliphatic rings. The van der Waals surface area contributed by atoms with Crippen LogP contribution in [0.4, 0.5) is 8.78 Å². The third-order valence-corrected chi connectivity index (χ3v) is 3.35. The first-order valence-electron chi connectivity index (χ1n) is 4.85. The summed E-state index contributed by atoms with van der Waals surface area (Å²) in [6, 6.07) is 2.89. The van der Waals surface area contributed by atoms with Crippen LogP contribution in [0.3, 0.4) is 0 Å². The smallest absolute Gasteiger partial charge is 0.272 e. The molecule has 0 spiro atoms. The Labute approximate surface area is 107 Å². The van der Waals surface area contributed by atoms with Crippen molar-refractivity contribution in [3.8, 4) is 5.75 Å². The van der Waals surface area contributed by atoms with Crippen LogP contribution >= 0.6 is 11.6 Å². The van der Waals surface area contributed by atoms with Crippen LogP contribution in [-0.4, -0.2) is 26.4 Å². The van der Waals surface area contributed by atoms with E-state index in [-0.39, 0.29) is 21.2 Å². The summed E-state index contributed by atoms with van der Waals surface area (Å²) in [7, 11) is -2.78. The fraction of sp³-hybridized carbons (Fsp3) is 0.200. The van der Waals surface area contributed by atoms with Crippen molar-refractivity contribution < 1.29 is 21.9 Å². The number of rotatable bonds is 4. The normalized spacial score (nSPS) is 11.6. The Morgan fingerprint density at radius 3 is 2.72 bits per heavy atom. The second-order valence-electron chi connectivity index (χ2n) is 3.43. The van der Waals surface area contributed by atoms with E-state index in [9.17, 15) is 17.2 Å². The molecule has 0 radical (unpaired) electrons. The van der Waals surface area contributed by atoms with Crippen LogP contribution in [0.25, 0.3) is 10.9 Å². The van der Waals surface area contributed by atoms with Gasteiger partial charge in [0, 0.05) is 11.6 Å². The average molecular weight is 296 g/mol. The summed E-state index contributed by atoms with van der Waals surface area (Å²) in [5.41, 5.74) is 0.289. The van der Waals surface area contributed by atoms with E-state index in [2.05, 4.69) is 4.98 Å². The van der Waals surface area contributed by atoms with E-state index >= 15 is 0 Å². The molecule has 0 bridgehead atoms. The molecule has 0 aliphatic carbocycles. The number of alkyl halides is 2. The Bertz CT molecular complexity index is 646. The van der Waals surface area contributed by atoms with Crippen molar-refractivity contribution in [3.05, 3.63) is 23.4 Å². The SMILES string of the molecule is O=[SH](=O)c1c[nH]c2c(OCC(F)F)c(Cl)ccc12. The van der Waals surface area contributed by atoms with Crippen molar-refractivity contribution in [2.45, 2.75) is 11.3 Å². The van der Waals surface area contributed by atoms with Crippen molar-refractivity contribution in [2.75, 3.05) is 6.61 Å². The van der Waals surface area contributed by atoms with Crippen LogP contribution in [0.5, 0.6) is 5.75 Å². The summed E-state index contributed by atoms with van der Waals surface area (Å²) in [5, 5.41) is 0.498. The molecule has 0 amide bonds. The second kappa shape index (κ2) is 5.11. The Hall–Kier alpha value is -1.34. The average Bonchev–Trinajstić information content (AvgIpc) is 2.71. The molecule has 2 aromatic rings. The number of aromatic amines is 1. The van der Waals surface area contributed by atoms with Gasteiger partial charge in [-0.25, -0.2) is 17.2 Å². The number of hydrogen-bond acceptors (Lipinski definition) is 3. The molecule has 1 heterocycles. The summed E-state index contributed by atoms with van der Waals surface area (Å²) in [6.07, 6.45) is -1.37. The first-order chi connectivity index (χ1) is 8.50. The maximum atomic E-state index is 12.1. The van der Waals surface area contributed by atoms with Crippen LogP contribution in [0.2, 0.25) is 5.02 Å². The van der Waals surface area contributed by atoms with E-state index in [1.165, 1.54) is 18.3 Å². The highest BCUT2D eigenvalue weighted by Crippen LogP contribution is 2.34. The topological polar surface area (TPSA) is 59.2 Å². The number of fused-ring (bicyclic) bond motifs is 1. The van der Waals surface area contributed by atoms with Gasteiger partial charge in [-0.3, -0.25) is 0 Å². The van der Waals surface area contributed by atoms with Gasteiger partial charge in [-0.15, -0.1) is 0 Å². The summed E-state index contributed by atoms with van der Waals surface area (Å²) in [6.45, 7) is -0.809. The highest BCUT2D eigenvalue weighted by atomic mass is 35.5. The molecule has 18 heavy (non-hydrogen) atoms. The molecule has 0 atom stereocenters. The van der Waals surface area contributed by atoms with Gasteiger partial charge in [0.05, 0.1) is 15.4 Å². The summed E-state index contributed by atoms with van der Waals surface area (Å²) >= 11 is 5.83. The van der Waals surface area contributed by atoms with Crippen molar-refractivity contribution >= 4 is 33.2 Å². The molecule has 98 valence electrons. The predicted molar refractivity (Wildman–Crippen MR) is 63.4 cm³/mol. The third-order valence-electron chi connectivity index (χ3n) is 2.29. The van der Waals surface area contributed by atoms with Gasteiger partial charge in [-0.05, 0) is 12.1 Å². The molecule has 8 heteroatoms. The molecule has 4 nitrogen and oxygen atoms in total. The maximum Gasteiger partial charge on any atom is 0.272 e. The van der Waals surface area contributed by atoms with Crippen LogP contribution in [0.15, 0.2) is 23.2 Å². The minimum absolute atomic E-state index is 0.0255. The van der Waals surface area contributed by atoms with E-state index in [4.69, 9.17) is 16.3 Å². The van der Waals surface area contributed by atoms with Gasteiger partial charge >= 0.3 is 0 Å². The molecular formula is C10H8ClF2NO3S. The number of ether oxygens (including phenoxy) is 1. The Morgan fingerprint density at radius 1 is 1.39 bits per heavy atom. The lowest BCUT2D eigenvalue weighted by Gasteiger charge is -2.08. The number of hydrogen-bond donors (Lipinski definition) is 2. The van der Waals surface area contributed by atoms with E-state index in [0.29, 0.717) is 5.39 Å². The summed E-state index contributed by atoms with van der Waals surface area (Å²) in [5.74, 6) is 0.0255. The largest absolute Gasteiger partial charge is 0.484 e. The highest BCUT2D eigenvalue weighted by Gasteiger charge is 2.15. The minimum Gasteiger partial charge on any atom is -0.484 e. The van der Waals surface area contributed by atoms with E-state index in [0.717, 1.165) is 0 Å². The van der Waals surface area contributed by atoms with Crippen LogP contribution in [0, 0.1) is 0 Å². The number of benzene rings is 1. The molecule has 0 saturated carbocycles. The van der Waals surface area contributed by atoms with Crippen molar-refractivity contribution in [1.29, 1.82) is 0 Å². The number of thiol groups is 1. The monoisotopic (exact) mass is 295 g/mol. The van der Waals surface area contributed by atoms with E-state index < -0.39 is 23.7 Å². The van der Waals surface area contributed by atoms with Gasteiger partial charge in [0.25, 0.3) is 6.43 Å². The minimum atomic E-state index is -2.78. The molecule has 1 aromatic carbocycles. The zero-order chi connectivity index (χ0) is 13.3. The molecule has 0 unspecified atom stereocenters. The first-order valence-corrected chi connectivity index (χ1v) is 6.41. The highest BCUT2D eigenvalue weighted by molar-refractivity contribution is 7.72. The maximum absolute atomic E-state index is 12.1. The van der Waals surface area contributed by atoms with Gasteiger partial charge in [-0.1, -0.05) is 11.6 Å². The molecule has 0 saturated heterocycles. The van der Waals surface area contributed by atoms with Gasteiger partial charge in [0.2, 0.25) is 0 Å². The van der Waals surface area contributed by atoms with Gasteiger partial charge in [-0.2, -0.15) is 0 Å². The Morgan fingerprint density at radius 2 is 2.11 bits per heavy atom. The quantitative estimate of drug-likeness (QED) is 0.852. The number of nitrogens with one attached hydrogen (secondary N) is 1. The molecule has 2 rings (SSSR count). The van der Waals surface area contributed by atoms with E-state index in [1.54, 1.807) is 0 Å². The Kier molecular flexibility index (Phi) is 3.72. The van der Waals surface area contributed by atoms with E-state index in [1.807, 2.05) is 0 Å². The lowest BCUT2D eigenvalue weighted by Crippen LogP contribution is -2.07. The lowest BCUT2D eigenvalue weighted by molar-refractivity contribution is 0.0826. The fourth-order valence-corrected chi connectivity index (χ4v) is 2.34. The number of aromatic nitrogens is 1. The van der Waals surface area contributed by atoms with Gasteiger partial charge < -0.3 is 9.72 Å². The molecule has 1 N–H and O–H groups in total. The van der Waals surface area contributed by atoms with Crippen molar-refractivity contribution in [1.82, 2.24) is 4.98 Å². The van der Waals surface area contributed by atoms with Crippen molar-refractivity contribution in [2.24, 2.45) is 0 Å². The Balaban J connectivity index is 2.54. The molecular weight excluding hydrogens is 288 g/mol. The van der Waals surface area contributed by atoms with Crippen LogP contribution in [0.1, 0.15) is 0 Å².